The van der Waals surface area contributed by atoms with E-state index in [1.54, 1.807) is 11.0 Å². The highest BCUT2D eigenvalue weighted by molar-refractivity contribution is 5.83. The summed E-state index contributed by atoms with van der Waals surface area (Å²) >= 11 is 0. The number of aromatic nitrogens is 5. The van der Waals surface area contributed by atoms with Crippen molar-refractivity contribution in [3.8, 4) is 0 Å². The summed E-state index contributed by atoms with van der Waals surface area (Å²) in [5.74, 6) is 1.02. The Morgan fingerprint density at radius 3 is 2.62 bits per heavy atom. The van der Waals surface area contributed by atoms with Gasteiger partial charge in [-0.05, 0) is 6.92 Å². The molecular formula is C13H19N7O. The van der Waals surface area contributed by atoms with Crippen molar-refractivity contribution in [2.24, 2.45) is 0 Å². The van der Waals surface area contributed by atoms with Crippen LogP contribution in [0.2, 0.25) is 0 Å². The van der Waals surface area contributed by atoms with Crippen LogP contribution in [0.5, 0.6) is 0 Å². The van der Waals surface area contributed by atoms with Crippen molar-refractivity contribution >= 4 is 22.9 Å². The molecule has 0 bridgehead atoms. The summed E-state index contributed by atoms with van der Waals surface area (Å²) in [7, 11) is 0. The van der Waals surface area contributed by atoms with Crippen LogP contribution in [0.1, 0.15) is 20.3 Å². The van der Waals surface area contributed by atoms with E-state index in [2.05, 4.69) is 25.2 Å². The molecule has 2 aromatic rings. The van der Waals surface area contributed by atoms with E-state index in [0.717, 1.165) is 49.7 Å². The minimum Gasteiger partial charge on any atom is -0.351 e. The average molecular weight is 289 g/mol. The van der Waals surface area contributed by atoms with Gasteiger partial charge in [-0.1, -0.05) is 12.1 Å². The molecular weight excluding hydrogens is 270 g/mol. The molecule has 8 heteroatoms. The van der Waals surface area contributed by atoms with E-state index >= 15 is 0 Å². The molecule has 112 valence electrons. The van der Waals surface area contributed by atoms with Gasteiger partial charge in [-0.15, -0.1) is 5.10 Å². The first-order chi connectivity index (χ1) is 10.2. The molecule has 1 amide bonds. The van der Waals surface area contributed by atoms with Gasteiger partial charge in [-0.25, -0.2) is 14.6 Å². The average Bonchev–Trinajstić information content (AvgIpc) is 2.97. The first kappa shape index (κ1) is 13.7. The van der Waals surface area contributed by atoms with Crippen molar-refractivity contribution in [2.45, 2.75) is 26.8 Å². The van der Waals surface area contributed by atoms with Crippen molar-refractivity contribution in [2.75, 3.05) is 31.1 Å². The summed E-state index contributed by atoms with van der Waals surface area (Å²) in [6, 6.07) is 0. The van der Waals surface area contributed by atoms with Crippen LogP contribution in [0.4, 0.5) is 5.82 Å². The van der Waals surface area contributed by atoms with E-state index in [0.29, 0.717) is 6.42 Å². The fourth-order valence-electron chi connectivity index (χ4n) is 2.62. The van der Waals surface area contributed by atoms with Crippen LogP contribution in [0.3, 0.4) is 0 Å². The molecule has 3 rings (SSSR count). The van der Waals surface area contributed by atoms with Gasteiger partial charge in [0.15, 0.2) is 17.0 Å². The summed E-state index contributed by atoms with van der Waals surface area (Å²) in [6.45, 7) is 7.59. The minimum absolute atomic E-state index is 0.208. The summed E-state index contributed by atoms with van der Waals surface area (Å²) in [6.07, 6.45) is 2.11. The monoisotopic (exact) mass is 289 g/mol. The third-order valence-corrected chi connectivity index (χ3v) is 3.81. The summed E-state index contributed by atoms with van der Waals surface area (Å²) in [5.41, 5.74) is 1.49. The fourth-order valence-corrected chi connectivity index (χ4v) is 2.62. The second-order valence-corrected chi connectivity index (χ2v) is 5.00. The van der Waals surface area contributed by atoms with E-state index in [1.165, 1.54) is 0 Å². The van der Waals surface area contributed by atoms with Crippen LogP contribution >= 0.6 is 0 Å². The summed E-state index contributed by atoms with van der Waals surface area (Å²) < 4.78 is 1.76. The second kappa shape index (κ2) is 5.63. The molecule has 0 spiro atoms. The predicted octanol–water partition coefficient (Wildman–Crippen LogP) is 0.300. The third kappa shape index (κ3) is 2.41. The molecule has 0 N–H and O–H groups in total. The molecule has 0 aromatic carbocycles. The number of nitrogens with zero attached hydrogens (tertiary/aromatic N) is 7. The predicted molar refractivity (Wildman–Crippen MR) is 77.9 cm³/mol. The molecule has 0 unspecified atom stereocenters. The number of hydrogen-bond donors (Lipinski definition) is 0. The molecule has 1 fully saturated rings. The zero-order valence-corrected chi connectivity index (χ0v) is 12.4. The number of fused-ring (bicyclic) bond motifs is 1. The lowest BCUT2D eigenvalue weighted by Crippen LogP contribution is -2.49. The van der Waals surface area contributed by atoms with E-state index in [1.807, 2.05) is 18.7 Å². The van der Waals surface area contributed by atoms with Crippen molar-refractivity contribution in [1.82, 2.24) is 29.9 Å². The summed E-state index contributed by atoms with van der Waals surface area (Å²) in [4.78, 5) is 24.4. The molecule has 8 nitrogen and oxygen atoms in total. The summed E-state index contributed by atoms with van der Waals surface area (Å²) in [5, 5.41) is 8.30. The Hall–Kier alpha value is -2.25. The molecule has 21 heavy (non-hydrogen) atoms. The van der Waals surface area contributed by atoms with Crippen LogP contribution < -0.4 is 4.90 Å². The Balaban J connectivity index is 1.82. The molecule has 3 heterocycles. The van der Waals surface area contributed by atoms with Gasteiger partial charge < -0.3 is 9.80 Å². The van der Waals surface area contributed by atoms with Crippen LogP contribution in [0.25, 0.3) is 11.2 Å². The van der Waals surface area contributed by atoms with E-state index in [9.17, 15) is 4.79 Å². The van der Waals surface area contributed by atoms with Crippen molar-refractivity contribution in [3.05, 3.63) is 6.33 Å². The Kier molecular flexibility index (Phi) is 3.68. The number of anilines is 1. The van der Waals surface area contributed by atoms with E-state index in [-0.39, 0.29) is 5.91 Å². The Bertz CT molecular complexity index is 645. The maximum Gasteiger partial charge on any atom is 0.222 e. The Morgan fingerprint density at radius 1 is 1.19 bits per heavy atom. The van der Waals surface area contributed by atoms with Gasteiger partial charge >= 0.3 is 0 Å². The fraction of sp³-hybridized carbons (Fsp3) is 0.615. The first-order valence-corrected chi connectivity index (χ1v) is 7.31. The second-order valence-electron chi connectivity index (χ2n) is 5.00. The van der Waals surface area contributed by atoms with E-state index in [4.69, 9.17) is 0 Å². The van der Waals surface area contributed by atoms with Crippen molar-refractivity contribution in [3.63, 3.8) is 0 Å². The van der Waals surface area contributed by atoms with Crippen LogP contribution in [-0.4, -0.2) is 61.9 Å². The maximum atomic E-state index is 11.7. The van der Waals surface area contributed by atoms with Crippen LogP contribution in [0.15, 0.2) is 6.33 Å². The Labute approximate surface area is 122 Å². The van der Waals surface area contributed by atoms with Gasteiger partial charge in [0, 0.05) is 39.1 Å². The molecule has 0 radical (unpaired) electrons. The van der Waals surface area contributed by atoms with Crippen molar-refractivity contribution in [1.29, 1.82) is 0 Å². The molecule has 0 aliphatic carbocycles. The molecule has 1 saturated heterocycles. The van der Waals surface area contributed by atoms with Gasteiger partial charge in [0.1, 0.15) is 6.33 Å². The molecule has 1 aliphatic rings. The standard InChI is InChI=1S/C13H19N7O/c1-3-10(21)18-5-7-19(8-6-18)12-11-13(15-9-14-12)20(4-2)17-16-11/h9H,3-8H2,1-2H3. The highest BCUT2D eigenvalue weighted by atomic mass is 16.2. The zero-order valence-electron chi connectivity index (χ0n) is 12.4. The van der Waals surface area contributed by atoms with Gasteiger partial charge in [0.05, 0.1) is 0 Å². The lowest BCUT2D eigenvalue weighted by Gasteiger charge is -2.35. The van der Waals surface area contributed by atoms with Gasteiger partial charge in [-0.3, -0.25) is 4.79 Å². The number of carbonyl (C=O) groups is 1. The minimum atomic E-state index is 0.208. The molecule has 0 atom stereocenters. The smallest absolute Gasteiger partial charge is 0.222 e. The third-order valence-electron chi connectivity index (χ3n) is 3.81. The lowest BCUT2D eigenvalue weighted by molar-refractivity contribution is -0.131. The highest BCUT2D eigenvalue weighted by Crippen LogP contribution is 2.21. The SMILES string of the molecule is CCC(=O)N1CCN(c2ncnc3c2nnn3CC)CC1. The van der Waals surface area contributed by atoms with Gasteiger partial charge in [-0.2, -0.15) is 0 Å². The molecule has 1 aliphatic heterocycles. The highest BCUT2D eigenvalue weighted by Gasteiger charge is 2.23. The zero-order chi connectivity index (χ0) is 14.8. The topological polar surface area (TPSA) is 80.0 Å². The first-order valence-electron chi connectivity index (χ1n) is 7.31. The molecule has 2 aromatic heterocycles. The lowest BCUT2D eigenvalue weighted by atomic mass is 10.2. The quantitative estimate of drug-likeness (QED) is 0.808. The number of amides is 1. The maximum absolute atomic E-state index is 11.7. The largest absolute Gasteiger partial charge is 0.351 e. The van der Waals surface area contributed by atoms with Gasteiger partial charge in [0.2, 0.25) is 5.91 Å². The number of rotatable bonds is 3. The molecule has 0 saturated carbocycles. The number of piperazine rings is 1. The number of aryl methyl sites for hydroxylation is 1. The number of hydrogen-bond acceptors (Lipinski definition) is 6. The number of carbonyl (C=O) groups excluding carboxylic acids is 1. The van der Waals surface area contributed by atoms with Crippen LogP contribution in [0, 0.1) is 0 Å². The van der Waals surface area contributed by atoms with Gasteiger partial charge in [0.25, 0.3) is 0 Å². The van der Waals surface area contributed by atoms with Crippen LogP contribution in [-0.2, 0) is 11.3 Å². The van der Waals surface area contributed by atoms with Crippen molar-refractivity contribution < 1.29 is 4.79 Å². The normalized spacial score (nSPS) is 15.7. The Morgan fingerprint density at radius 2 is 1.95 bits per heavy atom. The van der Waals surface area contributed by atoms with E-state index < -0.39 is 0 Å².